The number of fused-ring (bicyclic) bond motifs is 1. The van der Waals surface area contributed by atoms with Gasteiger partial charge in [0.1, 0.15) is 6.23 Å². The number of aliphatic hydroxyl groups excluding tert-OH is 1. The summed E-state index contributed by atoms with van der Waals surface area (Å²) in [6.45, 7) is 2.07. The van der Waals surface area contributed by atoms with E-state index in [0.717, 1.165) is 12.1 Å². The molecule has 0 aliphatic carbocycles. The molecule has 1 heterocycles. The molecule has 64 valence electrons. The molecule has 1 aliphatic heterocycles. The fourth-order valence-electron chi connectivity index (χ4n) is 1.72. The zero-order valence-electron chi connectivity index (χ0n) is 7.41. The van der Waals surface area contributed by atoms with Gasteiger partial charge in [-0.25, -0.2) is 0 Å². The second-order valence-corrected chi connectivity index (χ2v) is 3.43. The molecule has 2 rings (SSSR count). The molecule has 1 aliphatic rings. The predicted molar refractivity (Wildman–Crippen MR) is 49.3 cm³/mol. The van der Waals surface area contributed by atoms with Gasteiger partial charge in [0.05, 0.1) is 0 Å². The van der Waals surface area contributed by atoms with Crippen molar-refractivity contribution in [2.45, 2.75) is 19.6 Å². The Morgan fingerprint density at radius 3 is 3.00 bits per heavy atom. The van der Waals surface area contributed by atoms with Crippen molar-refractivity contribution < 1.29 is 5.11 Å². The van der Waals surface area contributed by atoms with E-state index in [1.54, 1.807) is 0 Å². The van der Waals surface area contributed by atoms with E-state index >= 15 is 0 Å². The molecule has 1 atom stereocenters. The Morgan fingerprint density at radius 2 is 2.25 bits per heavy atom. The lowest BCUT2D eigenvalue weighted by atomic mass is 10.1. The summed E-state index contributed by atoms with van der Waals surface area (Å²) in [7, 11) is 1.92. The third kappa shape index (κ3) is 0.994. The number of anilines is 1. The number of nitrogens with zero attached hydrogens (tertiary/aromatic N) is 1. The molecule has 0 aromatic heterocycles. The summed E-state index contributed by atoms with van der Waals surface area (Å²) in [4.78, 5) is 1.91. The standard InChI is InChI=1S/C10H13NO/c1-7-3-4-9-8(5-7)6-10(12)11(9)2/h3-5,10,12H,6H2,1-2H3. The van der Waals surface area contributed by atoms with Gasteiger partial charge in [-0.2, -0.15) is 0 Å². The van der Waals surface area contributed by atoms with Gasteiger partial charge in [-0.05, 0) is 18.6 Å². The van der Waals surface area contributed by atoms with Crippen LogP contribution in [0.4, 0.5) is 5.69 Å². The van der Waals surface area contributed by atoms with Crippen molar-refractivity contribution in [2.75, 3.05) is 11.9 Å². The molecular weight excluding hydrogens is 150 g/mol. The van der Waals surface area contributed by atoms with Crippen LogP contribution >= 0.6 is 0 Å². The van der Waals surface area contributed by atoms with Crippen LogP contribution in [0, 0.1) is 6.92 Å². The molecule has 0 bridgehead atoms. The van der Waals surface area contributed by atoms with E-state index in [0.29, 0.717) is 0 Å². The lowest BCUT2D eigenvalue weighted by Crippen LogP contribution is -2.26. The Balaban J connectivity index is 2.47. The quantitative estimate of drug-likeness (QED) is 0.623. The van der Waals surface area contributed by atoms with Crippen molar-refractivity contribution in [3.8, 4) is 0 Å². The Hall–Kier alpha value is -1.02. The minimum atomic E-state index is -0.332. The first-order valence-corrected chi connectivity index (χ1v) is 4.19. The average Bonchev–Trinajstić information content (AvgIpc) is 2.28. The molecule has 1 unspecified atom stereocenters. The van der Waals surface area contributed by atoms with Gasteiger partial charge in [-0.1, -0.05) is 17.7 Å². The van der Waals surface area contributed by atoms with Crippen LogP contribution in [0.3, 0.4) is 0 Å². The predicted octanol–water partition coefficient (Wildman–Crippen LogP) is 1.31. The largest absolute Gasteiger partial charge is 0.373 e. The van der Waals surface area contributed by atoms with Crippen molar-refractivity contribution in [3.63, 3.8) is 0 Å². The molecule has 0 saturated heterocycles. The maximum Gasteiger partial charge on any atom is 0.130 e. The van der Waals surface area contributed by atoms with Crippen LogP contribution in [0.1, 0.15) is 11.1 Å². The Bertz CT molecular complexity index is 309. The third-order valence-corrected chi connectivity index (χ3v) is 2.46. The summed E-state index contributed by atoms with van der Waals surface area (Å²) in [5.74, 6) is 0. The number of aryl methyl sites for hydroxylation is 1. The van der Waals surface area contributed by atoms with Crippen molar-refractivity contribution in [2.24, 2.45) is 0 Å². The summed E-state index contributed by atoms with van der Waals surface area (Å²) in [6.07, 6.45) is 0.426. The molecule has 0 amide bonds. The monoisotopic (exact) mass is 163 g/mol. The van der Waals surface area contributed by atoms with Gasteiger partial charge in [-0.15, -0.1) is 0 Å². The highest BCUT2D eigenvalue weighted by Gasteiger charge is 2.23. The van der Waals surface area contributed by atoms with Gasteiger partial charge in [0.2, 0.25) is 0 Å². The van der Waals surface area contributed by atoms with E-state index in [1.807, 2.05) is 11.9 Å². The second kappa shape index (κ2) is 2.49. The van der Waals surface area contributed by atoms with Crippen molar-refractivity contribution in [3.05, 3.63) is 29.3 Å². The second-order valence-electron chi connectivity index (χ2n) is 3.43. The van der Waals surface area contributed by atoms with E-state index < -0.39 is 0 Å². The van der Waals surface area contributed by atoms with E-state index in [2.05, 4.69) is 25.1 Å². The molecule has 2 nitrogen and oxygen atoms in total. The Morgan fingerprint density at radius 1 is 1.50 bits per heavy atom. The number of aliphatic hydroxyl groups is 1. The van der Waals surface area contributed by atoms with E-state index in [9.17, 15) is 5.11 Å². The normalized spacial score (nSPS) is 21.2. The smallest absolute Gasteiger partial charge is 0.130 e. The van der Waals surface area contributed by atoms with Gasteiger partial charge >= 0.3 is 0 Å². The van der Waals surface area contributed by atoms with Crippen LogP contribution in [-0.4, -0.2) is 18.4 Å². The minimum absolute atomic E-state index is 0.332. The highest BCUT2D eigenvalue weighted by Crippen LogP contribution is 2.30. The van der Waals surface area contributed by atoms with Crippen LogP contribution in [0.2, 0.25) is 0 Å². The van der Waals surface area contributed by atoms with Crippen LogP contribution in [0.5, 0.6) is 0 Å². The number of hydrogen-bond acceptors (Lipinski definition) is 2. The number of rotatable bonds is 0. The molecule has 0 saturated carbocycles. The first-order valence-electron chi connectivity index (χ1n) is 4.19. The number of likely N-dealkylation sites (N-methyl/N-ethyl adjacent to an activating group) is 1. The first-order chi connectivity index (χ1) is 5.68. The van der Waals surface area contributed by atoms with Gasteiger partial charge in [-0.3, -0.25) is 0 Å². The summed E-state index contributed by atoms with van der Waals surface area (Å²) < 4.78 is 0. The summed E-state index contributed by atoms with van der Waals surface area (Å²) in [6, 6.07) is 6.29. The topological polar surface area (TPSA) is 23.5 Å². The molecule has 1 N–H and O–H groups in total. The number of benzene rings is 1. The Kier molecular flexibility index (Phi) is 1.58. The lowest BCUT2D eigenvalue weighted by molar-refractivity contribution is 0.185. The molecule has 1 aromatic carbocycles. The highest BCUT2D eigenvalue weighted by atomic mass is 16.3. The Labute approximate surface area is 72.4 Å². The van der Waals surface area contributed by atoms with Gasteiger partial charge in [0.15, 0.2) is 0 Å². The average molecular weight is 163 g/mol. The fraction of sp³-hybridized carbons (Fsp3) is 0.400. The van der Waals surface area contributed by atoms with Crippen LogP contribution < -0.4 is 4.90 Å². The zero-order valence-corrected chi connectivity index (χ0v) is 7.41. The first kappa shape index (κ1) is 7.62. The maximum atomic E-state index is 9.54. The maximum absolute atomic E-state index is 9.54. The summed E-state index contributed by atoms with van der Waals surface area (Å²) in [5, 5.41) is 9.54. The molecule has 0 fully saturated rings. The molecule has 0 radical (unpaired) electrons. The minimum Gasteiger partial charge on any atom is -0.373 e. The van der Waals surface area contributed by atoms with Crippen LogP contribution in [0.25, 0.3) is 0 Å². The van der Waals surface area contributed by atoms with E-state index in [-0.39, 0.29) is 6.23 Å². The lowest BCUT2D eigenvalue weighted by Gasteiger charge is -2.16. The summed E-state index contributed by atoms with van der Waals surface area (Å²) in [5.41, 5.74) is 3.68. The van der Waals surface area contributed by atoms with Gasteiger partial charge in [0, 0.05) is 19.2 Å². The van der Waals surface area contributed by atoms with Crippen LogP contribution in [-0.2, 0) is 6.42 Å². The number of hydrogen-bond donors (Lipinski definition) is 1. The summed E-state index contributed by atoms with van der Waals surface area (Å²) >= 11 is 0. The molecule has 0 spiro atoms. The van der Waals surface area contributed by atoms with Crippen LogP contribution in [0.15, 0.2) is 18.2 Å². The van der Waals surface area contributed by atoms with Crippen molar-refractivity contribution in [1.29, 1.82) is 0 Å². The third-order valence-electron chi connectivity index (χ3n) is 2.46. The van der Waals surface area contributed by atoms with Gasteiger partial charge in [0.25, 0.3) is 0 Å². The molecular formula is C10H13NO. The highest BCUT2D eigenvalue weighted by molar-refractivity contribution is 5.59. The SMILES string of the molecule is Cc1ccc2c(c1)CC(O)N2C. The molecule has 2 heteroatoms. The van der Waals surface area contributed by atoms with Gasteiger partial charge < -0.3 is 10.0 Å². The molecule has 12 heavy (non-hydrogen) atoms. The molecule has 1 aromatic rings. The fourth-order valence-corrected chi connectivity index (χ4v) is 1.72. The van der Waals surface area contributed by atoms with E-state index in [4.69, 9.17) is 0 Å². The van der Waals surface area contributed by atoms with Crippen molar-refractivity contribution >= 4 is 5.69 Å². The van der Waals surface area contributed by atoms with E-state index in [1.165, 1.54) is 11.1 Å². The van der Waals surface area contributed by atoms with Crippen molar-refractivity contribution in [1.82, 2.24) is 0 Å². The zero-order chi connectivity index (χ0) is 8.72.